The van der Waals surface area contributed by atoms with Gasteiger partial charge in [-0.2, -0.15) is 0 Å². The lowest BCUT2D eigenvalue weighted by Gasteiger charge is -2.15. The molecule has 1 aromatic carbocycles. The van der Waals surface area contributed by atoms with Gasteiger partial charge in [0.25, 0.3) is 5.91 Å². The number of hydrogen-bond acceptors (Lipinski definition) is 3. The van der Waals surface area contributed by atoms with Crippen LogP contribution in [0.4, 0.5) is 5.69 Å². The molecule has 20 heavy (non-hydrogen) atoms. The molecule has 0 unspecified atom stereocenters. The van der Waals surface area contributed by atoms with Gasteiger partial charge in [-0.15, -0.1) is 0 Å². The second kappa shape index (κ2) is 6.61. The van der Waals surface area contributed by atoms with Crippen molar-refractivity contribution in [1.29, 1.82) is 0 Å². The van der Waals surface area contributed by atoms with Crippen molar-refractivity contribution in [2.24, 2.45) is 0 Å². The summed E-state index contributed by atoms with van der Waals surface area (Å²) in [4.78, 5) is 25.6. The standard InChI is InChI=1S/C14H18ClN3O2/c15-13-10(4-3-5-11(13)16)14(20)17-7-6-12(19)18-8-1-2-9-18/h3-5H,1-2,6-9,16H2,(H,17,20). The Bertz CT molecular complexity index is 513. The van der Waals surface area contributed by atoms with Gasteiger partial charge in [0, 0.05) is 26.1 Å². The lowest BCUT2D eigenvalue weighted by molar-refractivity contribution is -0.129. The Labute approximate surface area is 123 Å². The van der Waals surface area contributed by atoms with Crippen LogP contribution in [0.15, 0.2) is 18.2 Å². The molecule has 0 aliphatic carbocycles. The van der Waals surface area contributed by atoms with Crippen LogP contribution < -0.4 is 11.1 Å². The number of halogens is 1. The minimum Gasteiger partial charge on any atom is -0.398 e. The molecule has 0 aromatic heterocycles. The van der Waals surface area contributed by atoms with E-state index >= 15 is 0 Å². The summed E-state index contributed by atoms with van der Waals surface area (Å²) in [6.45, 7) is 1.96. The minimum atomic E-state index is -0.309. The van der Waals surface area contributed by atoms with Crippen molar-refractivity contribution in [2.75, 3.05) is 25.4 Å². The summed E-state index contributed by atoms with van der Waals surface area (Å²) >= 11 is 5.97. The number of nitrogens with one attached hydrogen (secondary N) is 1. The second-order valence-corrected chi connectivity index (χ2v) is 5.18. The third kappa shape index (κ3) is 3.42. The van der Waals surface area contributed by atoms with Gasteiger partial charge in [-0.05, 0) is 25.0 Å². The first-order valence-electron chi connectivity index (χ1n) is 6.69. The summed E-state index contributed by atoms with van der Waals surface area (Å²) in [7, 11) is 0. The molecule has 0 bridgehead atoms. The molecule has 5 nitrogen and oxygen atoms in total. The summed E-state index contributed by atoms with van der Waals surface area (Å²) in [6, 6.07) is 4.91. The van der Waals surface area contributed by atoms with Crippen molar-refractivity contribution >= 4 is 29.1 Å². The number of hydrogen-bond donors (Lipinski definition) is 2. The highest BCUT2D eigenvalue weighted by Crippen LogP contribution is 2.22. The first kappa shape index (κ1) is 14.7. The molecule has 0 radical (unpaired) electrons. The number of nitrogens with two attached hydrogens (primary N) is 1. The molecule has 2 amide bonds. The van der Waals surface area contributed by atoms with Crippen molar-refractivity contribution in [3.63, 3.8) is 0 Å². The molecule has 1 fully saturated rings. The fourth-order valence-corrected chi connectivity index (χ4v) is 2.44. The van der Waals surface area contributed by atoms with E-state index < -0.39 is 0 Å². The Morgan fingerprint density at radius 1 is 1.30 bits per heavy atom. The molecule has 1 heterocycles. The lowest BCUT2D eigenvalue weighted by atomic mass is 10.2. The number of likely N-dealkylation sites (tertiary alicyclic amines) is 1. The zero-order valence-electron chi connectivity index (χ0n) is 11.2. The molecular weight excluding hydrogens is 278 g/mol. The monoisotopic (exact) mass is 295 g/mol. The first-order chi connectivity index (χ1) is 9.59. The fourth-order valence-electron chi connectivity index (χ4n) is 2.23. The number of nitrogens with zero attached hydrogens (tertiary/aromatic N) is 1. The molecular formula is C14H18ClN3O2. The van der Waals surface area contributed by atoms with Crippen LogP contribution in [0.2, 0.25) is 5.02 Å². The molecule has 1 saturated heterocycles. The molecule has 1 aliphatic heterocycles. The smallest absolute Gasteiger partial charge is 0.252 e. The van der Waals surface area contributed by atoms with E-state index in [0.29, 0.717) is 24.2 Å². The Hall–Kier alpha value is -1.75. The summed E-state index contributed by atoms with van der Waals surface area (Å²) < 4.78 is 0. The van der Waals surface area contributed by atoms with E-state index in [-0.39, 0.29) is 16.8 Å². The zero-order chi connectivity index (χ0) is 14.5. The largest absolute Gasteiger partial charge is 0.398 e. The van der Waals surface area contributed by atoms with Crippen molar-refractivity contribution in [1.82, 2.24) is 10.2 Å². The topological polar surface area (TPSA) is 75.4 Å². The number of carbonyl (C=O) groups excluding carboxylic acids is 2. The Kier molecular flexibility index (Phi) is 4.84. The first-order valence-corrected chi connectivity index (χ1v) is 7.07. The second-order valence-electron chi connectivity index (χ2n) is 4.80. The highest BCUT2D eigenvalue weighted by Gasteiger charge is 2.18. The maximum Gasteiger partial charge on any atom is 0.252 e. The third-order valence-electron chi connectivity index (χ3n) is 3.36. The van der Waals surface area contributed by atoms with Crippen LogP contribution in [0.3, 0.4) is 0 Å². The number of benzene rings is 1. The molecule has 6 heteroatoms. The Morgan fingerprint density at radius 2 is 2.00 bits per heavy atom. The average molecular weight is 296 g/mol. The molecule has 2 rings (SSSR count). The molecule has 0 spiro atoms. The van der Waals surface area contributed by atoms with Gasteiger partial charge >= 0.3 is 0 Å². The highest BCUT2D eigenvalue weighted by atomic mass is 35.5. The van der Waals surface area contributed by atoms with Crippen LogP contribution in [0.1, 0.15) is 29.6 Å². The molecule has 108 valence electrons. The number of carbonyl (C=O) groups is 2. The van der Waals surface area contributed by atoms with Gasteiger partial charge in [-0.1, -0.05) is 17.7 Å². The molecule has 0 atom stereocenters. The van der Waals surface area contributed by atoms with Gasteiger partial charge in [-0.3, -0.25) is 9.59 Å². The molecule has 3 N–H and O–H groups in total. The zero-order valence-corrected chi connectivity index (χ0v) is 11.9. The number of nitrogen functional groups attached to an aromatic ring is 1. The maximum absolute atomic E-state index is 11.9. The van der Waals surface area contributed by atoms with E-state index in [2.05, 4.69) is 5.32 Å². The van der Waals surface area contributed by atoms with Crippen molar-refractivity contribution in [2.45, 2.75) is 19.3 Å². The van der Waals surface area contributed by atoms with Crippen LogP contribution in [-0.4, -0.2) is 36.3 Å². The molecule has 1 aromatic rings. The number of rotatable bonds is 4. The summed E-state index contributed by atoms with van der Waals surface area (Å²) in [5.74, 6) is -0.224. The van der Waals surface area contributed by atoms with Crippen molar-refractivity contribution < 1.29 is 9.59 Å². The predicted molar refractivity (Wildman–Crippen MR) is 78.6 cm³/mol. The van der Waals surface area contributed by atoms with Crippen molar-refractivity contribution in [3.8, 4) is 0 Å². The normalized spacial score (nSPS) is 14.3. The van der Waals surface area contributed by atoms with E-state index in [0.717, 1.165) is 25.9 Å². The van der Waals surface area contributed by atoms with Gasteiger partial charge in [0.1, 0.15) is 0 Å². The minimum absolute atomic E-state index is 0.0847. The van der Waals surface area contributed by atoms with Crippen LogP contribution in [-0.2, 0) is 4.79 Å². The van der Waals surface area contributed by atoms with Gasteiger partial charge in [0.15, 0.2) is 0 Å². The maximum atomic E-state index is 11.9. The SMILES string of the molecule is Nc1cccc(C(=O)NCCC(=O)N2CCCC2)c1Cl. The van der Waals surface area contributed by atoms with Gasteiger partial charge in [0.2, 0.25) is 5.91 Å². The van der Waals surface area contributed by atoms with Gasteiger partial charge in [-0.25, -0.2) is 0 Å². The lowest BCUT2D eigenvalue weighted by Crippen LogP contribution is -2.32. The van der Waals surface area contributed by atoms with E-state index in [9.17, 15) is 9.59 Å². The predicted octanol–water partition coefficient (Wildman–Crippen LogP) is 1.66. The Morgan fingerprint density at radius 3 is 2.70 bits per heavy atom. The van der Waals surface area contributed by atoms with E-state index in [4.69, 9.17) is 17.3 Å². The van der Waals surface area contributed by atoms with Crippen LogP contribution in [0.5, 0.6) is 0 Å². The number of anilines is 1. The Balaban J connectivity index is 1.83. The molecule has 0 saturated carbocycles. The molecule has 1 aliphatic rings. The average Bonchev–Trinajstić information content (AvgIpc) is 2.95. The highest BCUT2D eigenvalue weighted by molar-refractivity contribution is 6.36. The van der Waals surface area contributed by atoms with E-state index in [1.54, 1.807) is 18.2 Å². The van der Waals surface area contributed by atoms with Gasteiger partial charge < -0.3 is 16.0 Å². The van der Waals surface area contributed by atoms with E-state index in [1.807, 2.05) is 4.90 Å². The summed E-state index contributed by atoms with van der Waals surface area (Å²) in [5.41, 5.74) is 6.35. The van der Waals surface area contributed by atoms with Crippen LogP contribution >= 0.6 is 11.6 Å². The summed E-state index contributed by atoms with van der Waals surface area (Å²) in [6.07, 6.45) is 2.44. The number of amides is 2. The van der Waals surface area contributed by atoms with Crippen LogP contribution in [0.25, 0.3) is 0 Å². The van der Waals surface area contributed by atoms with Crippen molar-refractivity contribution in [3.05, 3.63) is 28.8 Å². The van der Waals surface area contributed by atoms with Gasteiger partial charge in [0.05, 0.1) is 16.3 Å². The summed E-state index contributed by atoms with van der Waals surface area (Å²) in [5, 5.41) is 2.94. The third-order valence-corrected chi connectivity index (χ3v) is 3.78. The quantitative estimate of drug-likeness (QED) is 0.830. The fraction of sp³-hybridized carbons (Fsp3) is 0.429. The van der Waals surface area contributed by atoms with E-state index in [1.165, 1.54) is 0 Å². The van der Waals surface area contributed by atoms with Crippen LogP contribution in [0, 0.1) is 0 Å².